The normalized spacial score (nSPS) is 25.5. The first-order valence-electron chi connectivity index (χ1n) is 20.6. The number of piperazine rings is 2. The maximum absolute atomic E-state index is 14.7. The first kappa shape index (κ1) is 42.7. The Kier molecular flexibility index (Phi) is 13.8. The third-order valence-corrected chi connectivity index (χ3v) is 11.5. The maximum atomic E-state index is 14.7. The highest BCUT2D eigenvalue weighted by Gasteiger charge is 2.41. The van der Waals surface area contributed by atoms with Gasteiger partial charge in [-0.2, -0.15) is 0 Å². The van der Waals surface area contributed by atoms with E-state index in [4.69, 9.17) is 19.2 Å². The van der Waals surface area contributed by atoms with Gasteiger partial charge in [-0.15, -0.1) is 0 Å². The summed E-state index contributed by atoms with van der Waals surface area (Å²) in [5, 5.41) is 3.06. The number of hydrogen-bond donors (Lipinski definition) is 1. The molecule has 1 N–H and O–H groups in total. The molecule has 4 aliphatic rings. The molecule has 0 saturated carbocycles. The van der Waals surface area contributed by atoms with Crippen molar-refractivity contribution in [3.8, 4) is 5.88 Å². The molecule has 0 spiro atoms. The number of aromatic nitrogens is 1. The van der Waals surface area contributed by atoms with Crippen molar-refractivity contribution < 1.29 is 33.0 Å². The minimum absolute atomic E-state index is 0.107. The van der Waals surface area contributed by atoms with Crippen molar-refractivity contribution in [2.24, 2.45) is 0 Å². The van der Waals surface area contributed by atoms with Crippen LogP contribution in [-0.4, -0.2) is 176 Å². The summed E-state index contributed by atoms with van der Waals surface area (Å²) in [7, 11) is 2.11. The molecule has 3 saturated heterocycles. The van der Waals surface area contributed by atoms with Gasteiger partial charge in [-0.05, 0) is 91.3 Å². The van der Waals surface area contributed by atoms with Gasteiger partial charge >= 0.3 is 6.09 Å². The van der Waals surface area contributed by atoms with Crippen LogP contribution in [0.3, 0.4) is 0 Å². The van der Waals surface area contributed by atoms with Crippen LogP contribution in [-0.2, 0) is 20.7 Å². The summed E-state index contributed by atoms with van der Waals surface area (Å²) in [5.41, 5.74) is 1.50. The number of amides is 3. The van der Waals surface area contributed by atoms with Gasteiger partial charge in [-0.1, -0.05) is 12.1 Å². The summed E-state index contributed by atoms with van der Waals surface area (Å²) >= 11 is 0. The first-order chi connectivity index (χ1) is 27.1. The zero-order chi connectivity index (χ0) is 41.0. The molecule has 0 aliphatic carbocycles. The van der Waals surface area contributed by atoms with E-state index in [1.54, 1.807) is 21.9 Å². The quantitative estimate of drug-likeness (QED) is 0.382. The number of ether oxygens (including phenoxy) is 3. The lowest BCUT2D eigenvalue weighted by atomic mass is 10.0. The lowest BCUT2D eigenvalue weighted by Gasteiger charge is -2.49. The molecule has 57 heavy (non-hydrogen) atoms. The van der Waals surface area contributed by atoms with E-state index >= 15 is 0 Å². The van der Waals surface area contributed by atoms with Gasteiger partial charge in [0, 0.05) is 83.1 Å². The van der Waals surface area contributed by atoms with E-state index in [0.29, 0.717) is 57.1 Å². The average molecular weight is 795 g/mol. The van der Waals surface area contributed by atoms with Crippen LogP contribution in [0.5, 0.6) is 5.88 Å². The highest BCUT2D eigenvalue weighted by molar-refractivity contribution is 5.99. The molecule has 0 bridgehead atoms. The van der Waals surface area contributed by atoms with Crippen molar-refractivity contribution in [1.82, 2.24) is 34.8 Å². The molecule has 14 nitrogen and oxygen atoms in total. The number of rotatable bonds is 10. The summed E-state index contributed by atoms with van der Waals surface area (Å²) in [6, 6.07) is 7.72. The molecule has 15 heteroatoms. The van der Waals surface area contributed by atoms with Crippen LogP contribution in [0.1, 0.15) is 70.1 Å². The zero-order valence-electron chi connectivity index (χ0n) is 35.1. The van der Waals surface area contributed by atoms with Gasteiger partial charge in [0.1, 0.15) is 29.4 Å². The summed E-state index contributed by atoms with van der Waals surface area (Å²) in [6.45, 7) is 22.0. The van der Waals surface area contributed by atoms with Crippen molar-refractivity contribution >= 4 is 23.6 Å². The monoisotopic (exact) mass is 794 g/mol. The molecule has 1 aromatic carbocycles. The number of morpholine rings is 1. The average Bonchev–Trinajstić information content (AvgIpc) is 3.14. The van der Waals surface area contributed by atoms with Crippen LogP contribution in [0.4, 0.5) is 14.9 Å². The Morgan fingerprint density at radius 1 is 0.930 bits per heavy atom. The van der Waals surface area contributed by atoms with Crippen molar-refractivity contribution in [3.63, 3.8) is 0 Å². The molecule has 314 valence electrons. The number of carbonyl (C=O) groups is 3. The topological polar surface area (TPSA) is 123 Å². The number of nitrogens with one attached hydrogen (secondary N) is 1. The van der Waals surface area contributed by atoms with Crippen molar-refractivity contribution in [1.29, 1.82) is 0 Å². The minimum Gasteiger partial charge on any atom is -0.474 e. The molecule has 4 aliphatic heterocycles. The molecule has 5 heterocycles. The predicted octanol–water partition coefficient (Wildman–Crippen LogP) is 3.32. The highest BCUT2D eigenvalue weighted by Crippen LogP contribution is 2.36. The largest absolute Gasteiger partial charge is 0.474 e. The molecular weight excluding hydrogens is 732 g/mol. The van der Waals surface area contributed by atoms with Crippen molar-refractivity contribution in [3.05, 3.63) is 53.0 Å². The summed E-state index contributed by atoms with van der Waals surface area (Å²) < 4.78 is 31.7. The minimum atomic E-state index is -0.638. The predicted molar refractivity (Wildman–Crippen MR) is 216 cm³/mol. The highest BCUT2D eigenvalue weighted by atomic mass is 19.1. The zero-order valence-corrected chi connectivity index (χ0v) is 35.1. The third-order valence-electron chi connectivity index (χ3n) is 11.5. The first-order valence-corrected chi connectivity index (χ1v) is 20.6. The van der Waals surface area contributed by atoms with E-state index in [2.05, 4.69) is 45.8 Å². The van der Waals surface area contributed by atoms with Gasteiger partial charge in [0.25, 0.3) is 5.91 Å². The summed E-state index contributed by atoms with van der Waals surface area (Å²) in [4.78, 5) is 59.5. The van der Waals surface area contributed by atoms with Crippen LogP contribution < -0.4 is 15.0 Å². The molecule has 3 amide bonds. The lowest BCUT2D eigenvalue weighted by Crippen LogP contribution is -2.65. The number of nitrogens with zero attached hydrogens (tertiary/aromatic N) is 7. The molecule has 6 rings (SSSR count). The fourth-order valence-corrected chi connectivity index (χ4v) is 8.27. The van der Waals surface area contributed by atoms with E-state index in [0.717, 1.165) is 38.3 Å². The Bertz CT molecular complexity index is 1710. The lowest BCUT2D eigenvalue weighted by molar-refractivity contribution is -0.123. The smallest absolute Gasteiger partial charge is 0.410 e. The Morgan fingerprint density at radius 3 is 2.28 bits per heavy atom. The number of likely N-dealkylation sites (N-methyl/N-ethyl adjacent to an activating group) is 1. The van der Waals surface area contributed by atoms with Crippen molar-refractivity contribution in [2.45, 2.75) is 90.7 Å². The summed E-state index contributed by atoms with van der Waals surface area (Å²) in [6.07, 6.45) is -0.0518. The number of hydrogen-bond acceptors (Lipinski definition) is 11. The molecule has 3 fully saturated rings. The van der Waals surface area contributed by atoms with Gasteiger partial charge in [0.05, 0.1) is 25.8 Å². The molecule has 1 aromatic heterocycles. The van der Waals surface area contributed by atoms with Gasteiger partial charge in [0.15, 0.2) is 0 Å². The van der Waals surface area contributed by atoms with E-state index < -0.39 is 5.60 Å². The molecule has 5 atom stereocenters. The van der Waals surface area contributed by atoms with E-state index in [-0.39, 0.29) is 78.7 Å². The number of benzene rings is 1. The standard InChI is InChI=1S/C42H63FN8O6/c1-28-21-48(35(22-49-29(2)25-55-26-30(49)3)23-50(28)41(54)57-42(5,6)7)24-37(52)51-31(4)27-56-40-36(51)20-33(19-32-9-11-34(43)12-10-32)38(45-40)39(53)44-13-14-47-17-15-46(8)16-18-47/h9-12,20,28-31,35H,13-19,21-27H2,1-8H3,(H,44,53)/t28-,29-,30-,31+,35+/m1/s1. The SMILES string of the molecule is C[C@@H]1CN(CC(=O)N2c3cc(Cc4ccc(F)cc4)c(C(=O)NCCN4CCN(C)CC4)nc3OC[C@@H]2C)[C@@H](CN2[C@H](C)COC[C@H]2C)CN1C(=O)OC(C)(C)C. The van der Waals surface area contributed by atoms with Gasteiger partial charge in [-0.25, -0.2) is 14.2 Å². The van der Waals surface area contributed by atoms with E-state index in [9.17, 15) is 18.8 Å². The van der Waals surface area contributed by atoms with Crippen LogP contribution in [0.15, 0.2) is 30.3 Å². The van der Waals surface area contributed by atoms with Crippen molar-refractivity contribution in [2.75, 3.05) is 97.2 Å². The third kappa shape index (κ3) is 10.8. The Labute approximate surface area is 337 Å². The summed E-state index contributed by atoms with van der Waals surface area (Å²) in [5.74, 6) is -0.572. The second kappa shape index (κ2) is 18.4. The van der Waals surface area contributed by atoms with Crippen LogP contribution >= 0.6 is 0 Å². The number of fused-ring (bicyclic) bond motifs is 1. The Hall–Kier alpha value is -3.89. The molecule has 0 unspecified atom stereocenters. The fraction of sp³-hybridized carbons (Fsp3) is 0.667. The van der Waals surface area contributed by atoms with E-state index in [1.165, 1.54) is 12.1 Å². The van der Waals surface area contributed by atoms with Gasteiger partial charge in [0.2, 0.25) is 11.8 Å². The Morgan fingerprint density at radius 2 is 1.61 bits per heavy atom. The second-order valence-corrected chi connectivity index (χ2v) is 17.4. The number of anilines is 1. The second-order valence-electron chi connectivity index (χ2n) is 17.4. The van der Waals surface area contributed by atoms with Gasteiger partial charge in [-0.3, -0.25) is 24.3 Å². The van der Waals surface area contributed by atoms with Crippen LogP contribution in [0.25, 0.3) is 0 Å². The molecule has 0 radical (unpaired) electrons. The number of halogens is 1. The van der Waals surface area contributed by atoms with Crippen LogP contribution in [0.2, 0.25) is 0 Å². The van der Waals surface area contributed by atoms with E-state index in [1.807, 2.05) is 40.7 Å². The fourth-order valence-electron chi connectivity index (χ4n) is 8.27. The maximum Gasteiger partial charge on any atom is 0.410 e. The number of pyridine rings is 1. The van der Waals surface area contributed by atoms with Gasteiger partial charge < -0.3 is 34.2 Å². The van der Waals surface area contributed by atoms with Crippen LogP contribution in [0, 0.1) is 5.82 Å². The molecule has 2 aromatic rings. The Balaban J connectivity index is 1.25. The molecular formula is C42H63FN8O6. The number of carbonyl (C=O) groups excluding carboxylic acids is 3.